The van der Waals surface area contributed by atoms with Gasteiger partial charge in [-0.15, -0.1) is 0 Å². The molecule has 3 N–H and O–H groups in total. The van der Waals surface area contributed by atoms with E-state index in [-0.39, 0.29) is 28.6 Å². The van der Waals surface area contributed by atoms with Crippen LogP contribution in [0.2, 0.25) is 0 Å². The third kappa shape index (κ3) is 6.17. The van der Waals surface area contributed by atoms with Crippen molar-refractivity contribution >= 4 is 28.5 Å². The SMILES string of the molecule is Cc1ccc(COc2nsc(NC(=O)NCCCN(C)C)c2C(=O)O)c(F)c1. The fourth-order valence-electron chi connectivity index (χ4n) is 2.31. The molecule has 1 aromatic carbocycles. The number of benzene rings is 1. The first kappa shape index (κ1) is 21.6. The van der Waals surface area contributed by atoms with E-state index in [1.165, 1.54) is 6.07 Å². The molecule has 0 unspecified atom stereocenters. The van der Waals surface area contributed by atoms with Crippen molar-refractivity contribution in [3.8, 4) is 5.88 Å². The average Bonchev–Trinajstić information content (AvgIpc) is 3.00. The van der Waals surface area contributed by atoms with Crippen molar-refractivity contribution in [1.82, 2.24) is 14.6 Å². The molecule has 0 aliphatic heterocycles. The molecular weight excluding hydrogens is 387 g/mol. The van der Waals surface area contributed by atoms with Gasteiger partial charge >= 0.3 is 12.0 Å². The van der Waals surface area contributed by atoms with Gasteiger partial charge in [0.05, 0.1) is 0 Å². The van der Waals surface area contributed by atoms with E-state index in [2.05, 4.69) is 15.0 Å². The number of amides is 2. The van der Waals surface area contributed by atoms with Gasteiger partial charge in [-0.3, -0.25) is 5.32 Å². The number of nitrogens with zero attached hydrogens (tertiary/aromatic N) is 2. The second-order valence-corrected chi connectivity index (χ2v) is 7.19. The lowest BCUT2D eigenvalue weighted by Crippen LogP contribution is -2.31. The van der Waals surface area contributed by atoms with Gasteiger partial charge in [-0.1, -0.05) is 12.1 Å². The van der Waals surface area contributed by atoms with Crippen molar-refractivity contribution in [2.45, 2.75) is 20.0 Å². The van der Waals surface area contributed by atoms with E-state index in [1.807, 2.05) is 19.0 Å². The van der Waals surface area contributed by atoms with Crippen LogP contribution in [-0.2, 0) is 6.61 Å². The Morgan fingerprint density at radius 3 is 2.75 bits per heavy atom. The maximum Gasteiger partial charge on any atom is 0.344 e. The molecule has 1 heterocycles. The minimum atomic E-state index is -1.30. The minimum absolute atomic E-state index is 0.0528. The van der Waals surface area contributed by atoms with Gasteiger partial charge in [0.2, 0.25) is 5.88 Å². The highest BCUT2D eigenvalue weighted by Crippen LogP contribution is 2.31. The largest absolute Gasteiger partial charge is 0.477 e. The average molecular weight is 410 g/mol. The zero-order valence-electron chi connectivity index (χ0n) is 15.9. The van der Waals surface area contributed by atoms with Crippen LogP contribution in [-0.4, -0.2) is 53.6 Å². The summed E-state index contributed by atoms with van der Waals surface area (Å²) in [5.41, 5.74) is 0.785. The maximum atomic E-state index is 13.9. The lowest BCUT2D eigenvalue weighted by molar-refractivity contribution is 0.0693. The van der Waals surface area contributed by atoms with Crippen molar-refractivity contribution in [1.29, 1.82) is 0 Å². The van der Waals surface area contributed by atoms with E-state index in [1.54, 1.807) is 19.1 Å². The van der Waals surface area contributed by atoms with Crippen LogP contribution in [0, 0.1) is 12.7 Å². The first-order chi connectivity index (χ1) is 13.3. The molecule has 0 radical (unpaired) electrons. The fourth-order valence-corrected chi connectivity index (χ4v) is 3.03. The topological polar surface area (TPSA) is 104 Å². The second-order valence-electron chi connectivity index (χ2n) is 6.42. The number of halogens is 1. The molecule has 10 heteroatoms. The minimum Gasteiger partial charge on any atom is -0.477 e. The van der Waals surface area contributed by atoms with E-state index in [0.29, 0.717) is 6.54 Å². The van der Waals surface area contributed by atoms with Crippen molar-refractivity contribution in [2.24, 2.45) is 0 Å². The Hall–Kier alpha value is -2.72. The zero-order valence-corrected chi connectivity index (χ0v) is 16.7. The third-order valence-corrected chi connectivity index (χ3v) is 4.49. The number of nitrogens with one attached hydrogen (secondary N) is 2. The molecule has 2 rings (SSSR count). The van der Waals surface area contributed by atoms with Gasteiger partial charge in [0.25, 0.3) is 0 Å². The first-order valence-corrected chi connectivity index (χ1v) is 9.35. The van der Waals surface area contributed by atoms with Crippen LogP contribution in [0.3, 0.4) is 0 Å². The Morgan fingerprint density at radius 2 is 2.11 bits per heavy atom. The summed E-state index contributed by atoms with van der Waals surface area (Å²) in [5.74, 6) is -1.90. The van der Waals surface area contributed by atoms with E-state index in [4.69, 9.17) is 4.74 Å². The van der Waals surface area contributed by atoms with E-state index in [0.717, 1.165) is 30.1 Å². The predicted molar refractivity (Wildman–Crippen MR) is 105 cm³/mol. The number of carboxylic acid groups (broad SMARTS) is 1. The molecule has 1 aromatic heterocycles. The third-order valence-electron chi connectivity index (χ3n) is 3.74. The number of hydrogen-bond donors (Lipinski definition) is 3. The molecule has 28 heavy (non-hydrogen) atoms. The molecule has 0 aliphatic carbocycles. The Morgan fingerprint density at radius 1 is 1.36 bits per heavy atom. The number of rotatable bonds is 9. The molecule has 0 fully saturated rings. The van der Waals surface area contributed by atoms with Crippen molar-refractivity contribution in [3.05, 3.63) is 40.7 Å². The summed E-state index contributed by atoms with van der Waals surface area (Å²) in [7, 11) is 3.86. The quantitative estimate of drug-likeness (QED) is 0.549. The van der Waals surface area contributed by atoms with Crippen LogP contribution >= 0.6 is 11.5 Å². The number of aromatic nitrogens is 1. The van der Waals surface area contributed by atoms with E-state index in [9.17, 15) is 19.1 Å². The number of aryl methyl sites for hydroxylation is 1. The van der Waals surface area contributed by atoms with Gasteiger partial charge in [-0.2, -0.15) is 4.37 Å². The maximum absolute atomic E-state index is 13.9. The van der Waals surface area contributed by atoms with Crippen LogP contribution in [0.5, 0.6) is 5.88 Å². The summed E-state index contributed by atoms with van der Waals surface area (Å²) in [6, 6.07) is 4.14. The Bertz CT molecular complexity index is 841. The number of aromatic carboxylic acids is 1. The normalized spacial score (nSPS) is 10.8. The molecule has 0 atom stereocenters. The number of anilines is 1. The van der Waals surface area contributed by atoms with Crippen LogP contribution in [0.15, 0.2) is 18.2 Å². The number of ether oxygens (including phenoxy) is 1. The van der Waals surface area contributed by atoms with Gasteiger partial charge in [0, 0.05) is 12.1 Å². The number of carbonyl (C=O) groups is 2. The molecule has 152 valence electrons. The smallest absolute Gasteiger partial charge is 0.344 e. The number of carbonyl (C=O) groups excluding carboxylic acids is 1. The summed E-state index contributed by atoms with van der Waals surface area (Å²) in [5, 5.41) is 14.6. The van der Waals surface area contributed by atoms with Gasteiger partial charge in [-0.05, 0) is 57.1 Å². The van der Waals surface area contributed by atoms with Crippen LogP contribution in [0.25, 0.3) is 0 Å². The molecule has 2 aromatic rings. The van der Waals surface area contributed by atoms with Crippen molar-refractivity contribution < 1.29 is 23.8 Å². The van der Waals surface area contributed by atoms with Crippen LogP contribution in [0.4, 0.5) is 14.2 Å². The predicted octanol–water partition coefficient (Wildman–Crippen LogP) is 2.94. The first-order valence-electron chi connectivity index (χ1n) is 8.58. The number of hydrogen-bond acceptors (Lipinski definition) is 6. The molecule has 0 bridgehead atoms. The summed E-state index contributed by atoms with van der Waals surface area (Å²) in [4.78, 5) is 25.5. The number of carboxylic acids is 1. The monoisotopic (exact) mass is 410 g/mol. The highest BCUT2D eigenvalue weighted by molar-refractivity contribution is 7.11. The Kier molecular flexibility index (Phi) is 7.70. The van der Waals surface area contributed by atoms with Crippen molar-refractivity contribution in [2.75, 3.05) is 32.5 Å². The highest BCUT2D eigenvalue weighted by Gasteiger charge is 2.23. The standard InChI is InChI=1S/C18H23FN4O4S/c1-11-5-6-12(13(19)9-11)10-27-15-14(17(24)25)16(28-22-15)21-18(26)20-7-4-8-23(2)3/h5-6,9H,4,7-8,10H2,1-3H3,(H,24,25)(H2,20,21,26). The Labute approximate surface area is 166 Å². The molecule has 0 saturated heterocycles. The lowest BCUT2D eigenvalue weighted by atomic mass is 10.1. The van der Waals surface area contributed by atoms with E-state index >= 15 is 0 Å². The summed E-state index contributed by atoms with van der Waals surface area (Å²) in [6.45, 7) is 2.85. The molecule has 0 spiro atoms. The Balaban J connectivity index is 2.00. The molecule has 2 amide bonds. The lowest BCUT2D eigenvalue weighted by Gasteiger charge is -2.10. The fraction of sp³-hybridized carbons (Fsp3) is 0.389. The molecule has 0 aliphatic rings. The molecule has 8 nitrogen and oxygen atoms in total. The van der Waals surface area contributed by atoms with Crippen LogP contribution < -0.4 is 15.4 Å². The highest BCUT2D eigenvalue weighted by atomic mass is 32.1. The number of urea groups is 1. The summed E-state index contributed by atoms with van der Waals surface area (Å²) < 4.78 is 23.2. The second kappa shape index (κ2) is 10.00. The summed E-state index contributed by atoms with van der Waals surface area (Å²) >= 11 is 0.789. The van der Waals surface area contributed by atoms with Crippen molar-refractivity contribution in [3.63, 3.8) is 0 Å². The van der Waals surface area contributed by atoms with Gasteiger partial charge < -0.3 is 20.1 Å². The van der Waals surface area contributed by atoms with Gasteiger partial charge in [-0.25, -0.2) is 14.0 Å². The van der Waals surface area contributed by atoms with E-state index < -0.39 is 17.8 Å². The molecule has 0 saturated carbocycles. The zero-order chi connectivity index (χ0) is 20.7. The van der Waals surface area contributed by atoms with Gasteiger partial charge in [0.15, 0.2) is 5.56 Å². The van der Waals surface area contributed by atoms with Crippen LogP contribution in [0.1, 0.15) is 27.9 Å². The molecular formula is C18H23FN4O4S. The summed E-state index contributed by atoms with van der Waals surface area (Å²) in [6.07, 6.45) is 0.755. The van der Waals surface area contributed by atoms with Gasteiger partial charge in [0.1, 0.15) is 17.4 Å².